The quantitative estimate of drug-likeness (QED) is 0.795. The molecule has 1 atom stereocenters. The van der Waals surface area contributed by atoms with Crippen molar-refractivity contribution in [3.8, 4) is 0 Å². The van der Waals surface area contributed by atoms with Crippen LogP contribution < -0.4 is 11.5 Å². The fourth-order valence-electron chi connectivity index (χ4n) is 2.47. The molecule has 3 aromatic rings. The average Bonchev–Trinajstić information content (AvgIpc) is 2.99. The van der Waals surface area contributed by atoms with E-state index < -0.39 is 0 Å². The highest BCUT2D eigenvalue weighted by molar-refractivity contribution is 5.74. The molecular formula is C15H16N2O3. The van der Waals surface area contributed by atoms with Gasteiger partial charge in [0.15, 0.2) is 5.58 Å². The Morgan fingerprint density at radius 1 is 1.35 bits per heavy atom. The second-order valence-electron chi connectivity index (χ2n) is 4.75. The summed E-state index contributed by atoms with van der Waals surface area (Å²) in [6, 6.07) is 7.17. The van der Waals surface area contributed by atoms with Crippen molar-refractivity contribution in [1.29, 1.82) is 0 Å². The summed E-state index contributed by atoms with van der Waals surface area (Å²) in [6.07, 6.45) is 1.62. The van der Waals surface area contributed by atoms with Gasteiger partial charge in [-0.15, -0.1) is 0 Å². The molecule has 104 valence electrons. The van der Waals surface area contributed by atoms with E-state index >= 15 is 0 Å². The number of hydrogen-bond donors (Lipinski definition) is 1. The van der Waals surface area contributed by atoms with Gasteiger partial charge in [0.2, 0.25) is 0 Å². The van der Waals surface area contributed by atoms with Crippen LogP contribution in [0.3, 0.4) is 0 Å². The minimum atomic E-state index is -0.340. The summed E-state index contributed by atoms with van der Waals surface area (Å²) in [6.45, 7) is 4.37. The van der Waals surface area contributed by atoms with Gasteiger partial charge < -0.3 is 14.6 Å². The standard InChI is InChI=1S/C15H16N2O3/c1-3-17-12-5-4-10(8-13(12)20-15(17)18)14(16)11-6-7-19-9(11)2/h4-8,14H,3,16H2,1-2H3. The van der Waals surface area contributed by atoms with Crippen molar-refractivity contribution in [1.82, 2.24) is 4.57 Å². The zero-order chi connectivity index (χ0) is 14.3. The van der Waals surface area contributed by atoms with Gasteiger partial charge in [0.25, 0.3) is 0 Å². The molecule has 1 unspecified atom stereocenters. The summed E-state index contributed by atoms with van der Waals surface area (Å²) >= 11 is 0. The number of aromatic nitrogens is 1. The van der Waals surface area contributed by atoms with Crippen molar-refractivity contribution in [3.63, 3.8) is 0 Å². The van der Waals surface area contributed by atoms with Crippen LogP contribution in [0.25, 0.3) is 11.1 Å². The Morgan fingerprint density at radius 2 is 2.15 bits per heavy atom. The normalized spacial score (nSPS) is 12.9. The second-order valence-corrected chi connectivity index (χ2v) is 4.75. The van der Waals surface area contributed by atoms with Crippen LogP contribution in [0.1, 0.15) is 29.9 Å². The maximum atomic E-state index is 11.7. The van der Waals surface area contributed by atoms with E-state index in [1.807, 2.05) is 38.1 Å². The smallest absolute Gasteiger partial charge is 0.419 e. The number of furan rings is 1. The van der Waals surface area contributed by atoms with Crippen molar-refractivity contribution in [2.75, 3.05) is 0 Å². The van der Waals surface area contributed by atoms with Crippen LogP contribution in [0.4, 0.5) is 0 Å². The number of nitrogens with two attached hydrogens (primary N) is 1. The molecular weight excluding hydrogens is 256 g/mol. The predicted octanol–water partition coefficient (Wildman–Crippen LogP) is 2.56. The van der Waals surface area contributed by atoms with Crippen LogP contribution in [0.15, 0.2) is 44.2 Å². The Morgan fingerprint density at radius 3 is 2.80 bits per heavy atom. The number of rotatable bonds is 3. The maximum absolute atomic E-state index is 11.7. The molecule has 2 heterocycles. The van der Waals surface area contributed by atoms with E-state index in [0.717, 1.165) is 22.4 Å². The van der Waals surface area contributed by atoms with Crippen molar-refractivity contribution >= 4 is 11.1 Å². The summed E-state index contributed by atoms with van der Waals surface area (Å²) < 4.78 is 12.1. The molecule has 5 nitrogen and oxygen atoms in total. The van der Waals surface area contributed by atoms with Gasteiger partial charge in [0.1, 0.15) is 5.76 Å². The first-order valence-corrected chi connectivity index (χ1v) is 6.54. The first-order valence-electron chi connectivity index (χ1n) is 6.54. The monoisotopic (exact) mass is 272 g/mol. The molecule has 0 saturated carbocycles. The number of aryl methyl sites for hydroxylation is 2. The predicted molar refractivity (Wildman–Crippen MR) is 75.6 cm³/mol. The van der Waals surface area contributed by atoms with Gasteiger partial charge in [-0.25, -0.2) is 4.79 Å². The zero-order valence-corrected chi connectivity index (χ0v) is 11.4. The van der Waals surface area contributed by atoms with Crippen LogP contribution in [0, 0.1) is 6.92 Å². The molecule has 0 aliphatic rings. The lowest BCUT2D eigenvalue weighted by Gasteiger charge is -2.11. The van der Waals surface area contributed by atoms with Crippen LogP contribution in [-0.2, 0) is 6.54 Å². The molecule has 0 spiro atoms. The summed E-state index contributed by atoms with van der Waals surface area (Å²) in [7, 11) is 0. The van der Waals surface area contributed by atoms with Crippen molar-refractivity contribution < 1.29 is 8.83 Å². The van der Waals surface area contributed by atoms with E-state index in [0.29, 0.717) is 12.1 Å². The zero-order valence-electron chi connectivity index (χ0n) is 11.4. The molecule has 2 N–H and O–H groups in total. The Hall–Kier alpha value is -2.27. The van der Waals surface area contributed by atoms with Gasteiger partial charge in [0, 0.05) is 12.1 Å². The highest BCUT2D eigenvalue weighted by Gasteiger charge is 2.16. The van der Waals surface area contributed by atoms with E-state index in [2.05, 4.69) is 0 Å². The van der Waals surface area contributed by atoms with Gasteiger partial charge >= 0.3 is 5.76 Å². The fraction of sp³-hybridized carbons (Fsp3) is 0.267. The molecule has 0 aliphatic carbocycles. The van der Waals surface area contributed by atoms with Gasteiger partial charge in [-0.1, -0.05) is 6.07 Å². The average molecular weight is 272 g/mol. The Labute approximate surface area is 115 Å². The number of fused-ring (bicyclic) bond motifs is 1. The van der Waals surface area contributed by atoms with E-state index in [1.54, 1.807) is 10.8 Å². The third-order valence-corrected chi connectivity index (χ3v) is 3.60. The van der Waals surface area contributed by atoms with E-state index in [-0.39, 0.29) is 11.8 Å². The van der Waals surface area contributed by atoms with Crippen molar-refractivity contribution in [2.45, 2.75) is 26.4 Å². The molecule has 20 heavy (non-hydrogen) atoms. The first-order chi connectivity index (χ1) is 9.61. The summed E-state index contributed by atoms with van der Waals surface area (Å²) in [4.78, 5) is 11.7. The van der Waals surface area contributed by atoms with E-state index in [1.165, 1.54) is 0 Å². The van der Waals surface area contributed by atoms with Gasteiger partial charge in [-0.3, -0.25) is 4.57 Å². The summed E-state index contributed by atoms with van der Waals surface area (Å²) in [5.74, 6) is 0.456. The largest absolute Gasteiger partial charge is 0.469 e. The van der Waals surface area contributed by atoms with Crippen LogP contribution in [0.2, 0.25) is 0 Å². The fourth-order valence-corrected chi connectivity index (χ4v) is 2.47. The van der Waals surface area contributed by atoms with Crippen LogP contribution in [-0.4, -0.2) is 4.57 Å². The second kappa shape index (κ2) is 4.68. The van der Waals surface area contributed by atoms with Gasteiger partial charge in [-0.2, -0.15) is 0 Å². The lowest BCUT2D eigenvalue weighted by molar-refractivity contribution is 0.512. The molecule has 1 aromatic carbocycles. The SMILES string of the molecule is CCn1c(=O)oc2cc(C(N)c3ccoc3C)ccc21. The van der Waals surface area contributed by atoms with Gasteiger partial charge in [-0.05, 0) is 37.6 Å². The van der Waals surface area contributed by atoms with Gasteiger partial charge in [0.05, 0.1) is 17.8 Å². The molecule has 0 bridgehead atoms. The molecule has 0 amide bonds. The molecule has 0 radical (unpaired) electrons. The number of benzene rings is 1. The molecule has 5 heteroatoms. The first kappa shape index (κ1) is 12.7. The number of hydrogen-bond acceptors (Lipinski definition) is 4. The van der Waals surface area contributed by atoms with Crippen LogP contribution >= 0.6 is 0 Å². The third kappa shape index (κ3) is 1.87. The maximum Gasteiger partial charge on any atom is 0.419 e. The Balaban J connectivity index is 2.10. The van der Waals surface area contributed by atoms with Crippen molar-refractivity contribution in [2.24, 2.45) is 5.73 Å². The minimum absolute atomic E-state index is 0.298. The molecule has 0 aliphatic heterocycles. The lowest BCUT2D eigenvalue weighted by Crippen LogP contribution is -2.12. The van der Waals surface area contributed by atoms with E-state index in [4.69, 9.17) is 14.6 Å². The van der Waals surface area contributed by atoms with E-state index in [9.17, 15) is 4.79 Å². The summed E-state index contributed by atoms with van der Waals surface area (Å²) in [5, 5.41) is 0. The molecule has 0 fully saturated rings. The highest BCUT2D eigenvalue weighted by Crippen LogP contribution is 2.26. The van der Waals surface area contributed by atoms with Crippen molar-refractivity contribution in [3.05, 3.63) is 58.0 Å². The number of oxazole rings is 1. The topological polar surface area (TPSA) is 74.3 Å². The Kier molecular flexibility index (Phi) is 2.99. The highest BCUT2D eigenvalue weighted by atomic mass is 16.4. The number of nitrogens with zero attached hydrogens (tertiary/aromatic N) is 1. The minimum Gasteiger partial charge on any atom is -0.469 e. The third-order valence-electron chi connectivity index (χ3n) is 3.60. The van der Waals surface area contributed by atoms with Crippen LogP contribution in [0.5, 0.6) is 0 Å². The Bertz CT molecular complexity index is 810. The summed E-state index contributed by atoms with van der Waals surface area (Å²) in [5.41, 5.74) is 9.41. The lowest BCUT2D eigenvalue weighted by atomic mass is 10.00. The molecule has 0 saturated heterocycles. The molecule has 2 aromatic heterocycles. The molecule has 3 rings (SSSR count).